The van der Waals surface area contributed by atoms with E-state index in [1.165, 1.54) is 5.56 Å². The van der Waals surface area contributed by atoms with Gasteiger partial charge in [-0.2, -0.15) is 0 Å². The molecule has 20 heavy (non-hydrogen) atoms. The Morgan fingerprint density at radius 2 is 1.80 bits per heavy atom. The number of aryl methyl sites for hydroxylation is 4. The Morgan fingerprint density at radius 3 is 2.40 bits per heavy atom. The van der Waals surface area contributed by atoms with Crippen molar-refractivity contribution in [3.05, 3.63) is 52.3 Å². The molecule has 0 atom stereocenters. The van der Waals surface area contributed by atoms with Crippen molar-refractivity contribution in [3.63, 3.8) is 0 Å². The van der Waals surface area contributed by atoms with Gasteiger partial charge in [0.2, 0.25) is 0 Å². The fraction of sp³-hybridized carbons (Fsp3) is 0.250. The van der Waals surface area contributed by atoms with Crippen LogP contribution in [0.25, 0.3) is 0 Å². The van der Waals surface area contributed by atoms with Crippen LogP contribution in [0, 0.1) is 33.1 Å². The smallest absolute Gasteiger partial charge is 0.141 e. The predicted octanol–water partition coefficient (Wildman–Crippen LogP) is 3.39. The molecule has 0 spiro atoms. The maximum absolute atomic E-state index is 7.69. The quantitative estimate of drug-likeness (QED) is 0.662. The van der Waals surface area contributed by atoms with Gasteiger partial charge >= 0.3 is 0 Å². The van der Waals surface area contributed by atoms with Crippen molar-refractivity contribution in [3.8, 4) is 11.5 Å². The van der Waals surface area contributed by atoms with E-state index in [4.69, 9.17) is 15.9 Å². The van der Waals surface area contributed by atoms with Gasteiger partial charge in [0.05, 0.1) is 11.3 Å². The summed E-state index contributed by atoms with van der Waals surface area (Å²) in [6, 6.07) is 7.71. The molecule has 0 saturated heterocycles. The molecule has 0 saturated carbocycles. The molecule has 0 amide bonds. The number of amidine groups is 1. The SMILES string of the molecule is Cc1cc(Oc2ccc(C)c(C)c2)c(C(=N)N)c(C)n1. The predicted molar refractivity (Wildman–Crippen MR) is 80.7 cm³/mol. The van der Waals surface area contributed by atoms with Gasteiger partial charge in [-0.3, -0.25) is 10.4 Å². The summed E-state index contributed by atoms with van der Waals surface area (Å²) in [6.07, 6.45) is 0. The second-order valence-corrected chi connectivity index (χ2v) is 4.98. The van der Waals surface area contributed by atoms with Crippen molar-refractivity contribution in [1.29, 1.82) is 5.41 Å². The van der Waals surface area contributed by atoms with Gasteiger partial charge in [0, 0.05) is 11.8 Å². The van der Waals surface area contributed by atoms with Gasteiger partial charge in [-0.05, 0) is 51.0 Å². The van der Waals surface area contributed by atoms with Crippen LogP contribution in [0.3, 0.4) is 0 Å². The monoisotopic (exact) mass is 269 g/mol. The van der Waals surface area contributed by atoms with Crippen LogP contribution < -0.4 is 10.5 Å². The highest BCUT2D eigenvalue weighted by molar-refractivity contribution is 5.98. The Labute approximate surface area is 119 Å². The summed E-state index contributed by atoms with van der Waals surface area (Å²) in [6.45, 7) is 7.82. The minimum atomic E-state index is -0.0335. The topological polar surface area (TPSA) is 72.0 Å². The highest BCUT2D eigenvalue weighted by atomic mass is 16.5. The summed E-state index contributed by atoms with van der Waals surface area (Å²) >= 11 is 0. The zero-order valence-electron chi connectivity index (χ0n) is 12.2. The Kier molecular flexibility index (Phi) is 3.74. The minimum Gasteiger partial charge on any atom is -0.456 e. The second-order valence-electron chi connectivity index (χ2n) is 4.98. The lowest BCUT2D eigenvalue weighted by atomic mass is 10.1. The molecule has 3 N–H and O–H groups in total. The fourth-order valence-corrected chi connectivity index (χ4v) is 2.11. The van der Waals surface area contributed by atoms with E-state index in [1.54, 1.807) is 6.07 Å². The molecular formula is C16H19N3O. The maximum Gasteiger partial charge on any atom is 0.141 e. The lowest BCUT2D eigenvalue weighted by molar-refractivity contribution is 0.479. The highest BCUT2D eigenvalue weighted by Crippen LogP contribution is 2.28. The van der Waals surface area contributed by atoms with Gasteiger partial charge < -0.3 is 10.5 Å². The molecule has 0 aliphatic rings. The number of rotatable bonds is 3. The van der Waals surface area contributed by atoms with Crippen LogP contribution in [-0.4, -0.2) is 10.8 Å². The van der Waals surface area contributed by atoms with E-state index in [1.807, 2.05) is 39.0 Å². The van der Waals surface area contributed by atoms with Crippen LogP contribution in [-0.2, 0) is 0 Å². The van der Waals surface area contributed by atoms with E-state index < -0.39 is 0 Å². The van der Waals surface area contributed by atoms with Gasteiger partial charge in [-0.1, -0.05) is 6.07 Å². The lowest BCUT2D eigenvalue weighted by Crippen LogP contribution is -2.15. The van der Waals surface area contributed by atoms with Crippen LogP contribution in [0.4, 0.5) is 0 Å². The molecule has 0 bridgehead atoms. The van der Waals surface area contributed by atoms with E-state index >= 15 is 0 Å². The number of nitrogens with zero attached hydrogens (tertiary/aromatic N) is 1. The Morgan fingerprint density at radius 1 is 1.10 bits per heavy atom. The number of hydrogen-bond acceptors (Lipinski definition) is 3. The number of aromatic nitrogens is 1. The van der Waals surface area contributed by atoms with Crippen LogP contribution in [0.15, 0.2) is 24.3 Å². The number of hydrogen-bond donors (Lipinski definition) is 2. The van der Waals surface area contributed by atoms with E-state index in [9.17, 15) is 0 Å². The third-order valence-corrected chi connectivity index (χ3v) is 3.27. The van der Waals surface area contributed by atoms with Crippen molar-refractivity contribution < 1.29 is 4.74 Å². The molecule has 2 aromatic rings. The van der Waals surface area contributed by atoms with E-state index in [-0.39, 0.29) is 5.84 Å². The summed E-state index contributed by atoms with van der Waals surface area (Å²) in [5.41, 5.74) is 10.1. The zero-order valence-corrected chi connectivity index (χ0v) is 12.2. The normalized spacial score (nSPS) is 10.4. The Bertz CT molecular complexity index is 678. The number of ether oxygens (including phenoxy) is 1. The minimum absolute atomic E-state index is 0.0335. The van der Waals surface area contributed by atoms with E-state index in [0.717, 1.165) is 17.0 Å². The van der Waals surface area contributed by atoms with Crippen molar-refractivity contribution in [1.82, 2.24) is 4.98 Å². The van der Waals surface area contributed by atoms with Gasteiger partial charge in [-0.25, -0.2) is 0 Å². The van der Waals surface area contributed by atoms with Crippen molar-refractivity contribution >= 4 is 5.84 Å². The first-order chi connectivity index (χ1) is 9.38. The zero-order chi connectivity index (χ0) is 14.9. The largest absolute Gasteiger partial charge is 0.456 e. The van der Waals surface area contributed by atoms with Crippen LogP contribution in [0.5, 0.6) is 11.5 Å². The standard InChI is InChI=1S/C16H19N3O/c1-9-5-6-13(7-10(9)2)20-14-8-11(3)19-12(4)15(14)16(17)18/h5-8H,1-4H3,(H3,17,18). The fourth-order valence-electron chi connectivity index (χ4n) is 2.11. The molecule has 0 aliphatic carbocycles. The average molecular weight is 269 g/mol. The summed E-state index contributed by atoms with van der Waals surface area (Å²) in [5.74, 6) is 1.28. The third kappa shape index (κ3) is 2.79. The summed E-state index contributed by atoms with van der Waals surface area (Å²) in [7, 11) is 0. The van der Waals surface area contributed by atoms with Gasteiger partial charge in [0.15, 0.2) is 0 Å². The lowest BCUT2D eigenvalue weighted by Gasteiger charge is -2.14. The first kappa shape index (κ1) is 14.1. The molecule has 1 aromatic heterocycles. The van der Waals surface area contributed by atoms with Gasteiger partial charge in [-0.15, -0.1) is 0 Å². The number of nitrogens with two attached hydrogens (primary N) is 1. The maximum atomic E-state index is 7.69. The molecule has 4 nitrogen and oxygen atoms in total. The number of benzene rings is 1. The van der Waals surface area contributed by atoms with Crippen LogP contribution in [0.1, 0.15) is 28.1 Å². The van der Waals surface area contributed by atoms with E-state index in [2.05, 4.69) is 11.9 Å². The average Bonchev–Trinajstić information content (AvgIpc) is 2.32. The van der Waals surface area contributed by atoms with E-state index in [0.29, 0.717) is 17.0 Å². The van der Waals surface area contributed by atoms with Crippen molar-refractivity contribution in [2.24, 2.45) is 5.73 Å². The molecule has 1 aromatic carbocycles. The summed E-state index contributed by atoms with van der Waals surface area (Å²) < 4.78 is 5.91. The van der Waals surface area contributed by atoms with Crippen LogP contribution in [0.2, 0.25) is 0 Å². The number of pyridine rings is 1. The first-order valence-corrected chi connectivity index (χ1v) is 6.46. The molecule has 2 rings (SSSR count). The second kappa shape index (κ2) is 5.33. The molecule has 104 valence electrons. The summed E-state index contributed by atoms with van der Waals surface area (Å²) in [4.78, 5) is 4.33. The van der Waals surface area contributed by atoms with Gasteiger partial charge in [0.25, 0.3) is 0 Å². The van der Waals surface area contributed by atoms with Crippen molar-refractivity contribution in [2.75, 3.05) is 0 Å². The number of nitrogens with one attached hydrogen (secondary N) is 1. The molecule has 0 radical (unpaired) electrons. The molecule has 1 heterocycles. The Balaban J connectivity index is 2.47. The molecule has 0 aliphatic heterocycles. The summed E-state index contributed by atoms with van der Waals surface area (Å²) in [5, 5.41) is 7.69. The number of nitrogen functional groups attached to an aromatic ring is 1. The molecule has 0 unspecified atom stereocenters. The molecule has 0 fully saturated rings. The Hall–Kier alpha value is -2.36. The third-order valence-electron chi connectivity index (χ3n) is 3.27. The molecule has 4 heteroatoms. The van der Waals surface area contributed by atoms with Crippen LogP contribution >= 0.6 is 0 Å². The van der Waals surface area contributed by atoms with Gasteiger partial charge in [0.1, 0.15) is 17.3 Å². The molecular weight excluding hydrogens is 250 g/mol. The van der Waals surface area contributed by atoms with Crippen molar-refractivity contribution in [2.45, 2.75) is 27.7 Å². The first-order valence-electron chi connectivity index (χ1n) is 6.46. The highest BCUT2D eigenvalue weighted by Gasteiger charge is 2.13.